The molecule has 4 aromatic carbocycles. The molecule has 1 fully saturated rings. The number of halogens is 1. The van der Waals surface area contributed by atoms with Gasteiger partial charge in [0.15, 0.2) is 5.83 Å². The molecule has 0 spiro atoms. The summed E-state index contributed by atoms with van der Waals surface area (Å²) in [6.07, 6.45) is 4.57. The van der Waals surface area contributed by atoms with Crippen LogP contribution in [0.2, 0.25) is 0 Å². The summed E-state index contributed by atoms with van der Waals surface area (Å²) in [5.41, 5.74) is 2.38. The van der Waals surface area contributed by atoms with Crippen molar-refractivity contribution in [1.82, 2.24) is 14.9 Å². The van der Waals surface area contributed by atoms with E-state index in [0.717, 1.165) is 35.7 Å². The predicted molar refractivity (Wildman–Crippen MR) is 175 cm³/mol. The Morgan fingerprint density at radius 3 is 2.49 bits per heavy atom. The Labute approximate surface area is 260 Å². The maximum atomic E-state index is 14.9. The van der Waals surface area contributed by atoms with Crippen LogP contribution in [0.3, 0.4) is 0 Å². The maximum absolute atomic E-state index is 14.9. The molecular formula is C35H34FN5O4. The number of rotatable bonds is 9. The number of likely N-dealkylation sites (N-methyl/N-ethyl adjacent to an activating group) is 1. The van der Waals surface area contributed by atoms with E-state index in [1.165, 1.54) is 19.5 Å². The zero-order chi connectivity index (χ0) is 31.5. The summed E-state index contributed by atoms with van der Waals surface area (Å²) >= 11 is 0. The van der Waals surface area contributed by atoms with Crippen LogP contribution in [-0.4, -0.2) is 54.6 Å². The zero-order valence-electron chi connectivity index (χ0n) is 25.6. The highest BCUT2D eigenvalue weighted by molar-refractivity contribution is 6.05. The SMILES string of the molecule is COc1cc2ncnc(Nc3cc(C)c(Oc4ccc5ccccc5c4)cc3OC)c2cc1NC(=O)/C(F)=C\C1CCCN1C. The second kappa shape index (κ2) is 12.8. The lowest BCUT2D eigenvalue weighted by Crippen LogP contribution is -2.24. The van der Waals surface area contributed by atoms with Gasteiger partial charge in [-0.1, -0.05) is 30.3 Å². The van der Waals surface area contributed by atoms with Gasteiger partial charge in [0, 0.05) is 23.6 Å². The second-order valence-electron chi connectivity index (χ2n) is 11.0. The molecule has 1 aliphatic rings. The number of amides is 1. The zero-order valence-corrected chi connectivity index (χ0v) is 25.6. The van der Waals surface area contributed by atoms with Crippen molar-refractivity contribution in [2.24, 2.45) is 0 Å². The van der Waals surface area contributed by atoms with Crippen LogP contribution in [0, 0.1) is 6.92 Å². The van der Waals surface area contributed by atoms with Crippen LogP contribution in [0.4, 0.5) is 21.6 Å². The first-order chi connectivity index (χ1) is 21.8. The van der Waals surface area contributed by atoms with Gasteiger partial charge in [-0.2, -0.15) is 0 Å². The Hall–Kier alpha value is -5.22. The third kappa shape index (κ3) is 6.37. The highest BCUT2D eigenvalue weighted by atomic mass is 19.1. The third-order valence-corrected chi connectivity index (χ3v) is 8.04. The largest absolute Gasteiger partial charge is 0.494 e. The first-order valence-corrected chi connectivity index (χ1v) is 14.7. The number of anilines is 3. The molecule has 230 valence electrons. The van der Waals surface area contributed by atoms with Gasteiger partial charge >= 0.3 is 0 Å². The molecule has 1 amide bonds. The number of carbonyl (C=O) groups is 1. The molecule has 1 unspecified atom stereocenters. The number of aryl methyl sites for hydroxylation is 1. The summed E-state index contributed by atoms with van der Waals surface area (Å²) in [7, 11) is 4.98. The van der Waals surface area contributed by atoms with E-state index in [-0.39, 0.29) is 6.04 Å². The van der Waals surface area contributed by atoms with Crippen LogP contribution in [-0.2, 0) is 4.79 Å². The standard InChI is InChI=1S/C35H34FN5O4/c1-21-14-29(33(44-4)19-31(21)45-25-12-11-22-8-5-6-9-23(22)15-25)39-34-26-17-30(32(43-3)18-28(26)37-20-38-34)40-35(42)27(36)16-24-10-7-13-41(24)2/h5-6,8-9,11-12,14-20,24H,7,10,13H2,1-4H3,(H,40,42)(H,37,38,39)/b27-16+. The lowest BCUT2D eigenvalue weighted by molar-refractivity contribution is -0.114. The highest BCUT2D eigenvalue weighted by Gasteiger charge is 2.22. The number of methoxy groups -OCH3 is 2. The molecule has 9 nitrogen and oxygen atoms in total. The van der Waals surface area contributed by atoms with Crippen LogP contribution < -0.4 is 24.8 Å². The Morgan fingerprint density at radius 1 is 0.956 bits per heavy atom. The molecule has 0 saturated carbocycles. The number of benzene rings is 4. The molecule has 6 rings (SSSR count). The van der Waals surface area contributed by atoms with Gasteiger partial charge in [-0.3, -0.25) is 9.69 Å². The third-order valence-electron chi connectivity index (χ3n) is 8.04. The van der Waals surface area contributed by atoms with Crippen molar-refractivity contribution in [1.29, 1.82) is 0 Å². The minimum absolute atomic E-state index is 0.110. The van der Waals surface area contributed by atoms with E-state index in [9.17, 15) is 9.18 Å². The molecule has 2 heterocycles. The van der Waals surface area contributed by atoms with Crippen molar-refractivity contribution in [3.05, 3.63) is 90.5 Å². The summed E-state index contributed by atoms with van der Waals surface area (Å²) in [6.45, 7) is 2.82. The van der Waals surface area contributed by atoms with E-state index >= 15 is 0 Å². The van der Waals surface area contributed by atoms with Crippen LogP contribution >= 0.6 is 0 Å². The summed E-state index contributed by atoms with van der Waals surface area (Å²) in [5.74, 6) is 1.01. The van der Waals surface area contributed by atoms with Crippen molar-refractivity contribution in [2.75, 3.05) is 38.4 Å². The lowest BCUT2D eigenvalue weighted by Gasteiger charge is -2.17. The average Bonchev–Trinajstić information content (AvgIpc) is 3.45. The Kier molecular flexibility index (Phi) is 8.48. The van der Waals surface area contributed by atoms with E-state index in [4.69, 9.17) is 14.2 Å². The molecule has 45 heavy (non-hydrogen) atoms. The van der Waals surface area contributed by atoms with E-state index in [0.29, 0.717) is 51.1 Å². The number of hydrogen-bond donors (Lipinski definition) is 2. The van der Waals surface area contributed by atoms with E-state index in [2.05, 4.69) is 26.7 Å². The molecule has 5 aromatic rings. The molecule has 0 aliphatic carbocycles. The molecule has 1 aliphatic heterocycles. The number of nitrogens with zero attached hydrogens (tertiary/aromatic N) is 3. The maximum Gasteiger partial charge on any atom is 0.284 e. The molecule has 0 bridgehead atoms. The van der Waals surface area contributed by atoms with Crippen LogP contribution in [0.1, 0.15) is 18.4 Å². The van der Waals surface area contributed by atoms with Gasteiger partial charge in [-0.25, -0.2) is 14.4 Å². The first-order valence-electron chi connectivity index (χ1n) is 14.7. The van der Waals surface area contributed by atoms with Gasteiger partial charge in [-0.05, 0) is 80.0 Å². The van der Waals surface area contributed by atoms with Crippen molar-refractivity contribution in [3.63, 3.8) is 0 Å². The van der Waals surface area contributed by atoms with Crippen molar-refractivity contribution in [2.45, 2.75) is 25.8 Å². The van der Waals surface area contributed by atoms with Gasteiger partial charge in [0.2, 0.25) is 0 Å². The Bertz CT molecular complexity index is 1930. The molecule has 10 heteroatoms. The normalized spacial score (nSPS) is 15.3. The molecule has 0 radical (unpaired) electrons. The minimum atomic E-state index is -0.849. The summed E-state index contributed by atoms with van der Waals surface area (Å²) in [5, 5.41) is 8.80. The van der Waals surface area contributed by atoms with Gasteiger partial charge in [0.05, 0.1) is 31.1 Å². The number of aromatic nitrogens is 2. The number of likely N-dealkylation sites (tertiary alicyclic amines) is 1. The quantitative estimate of drug-likeness (QED) is 0.166. The average molecular weight is 608 g/mol. The fourth-order valence-electron chi connectivity index (χ4n) is 5.55. The van der Waals surface area contributed by atoms with Crippen LogP contribution in [0.25, 0.3) is 21.7 Å². The van der Waals surface area contributed by atoms with Gasteiger partial charge in [0.1, 0.15) is 35.1 Å². The molecule has 1 atom stereocenters. The van der Waals surface area contributed by atoms with Gasteiger partial charge in [0.25, 0.3) is 5.91 Å². The number of ether oxygens (including phenoxy) is 3. The number of nitrogens with one attached hydrogen (secondary N) is 2. The first kappa shape index (κ1) is 29.8. The van der Waals surface area contributed by atoms with E-state index in [1.807, 2.05) is 67.4 Å². The van der Waals surface area contributed by atoms with E-state index in [1.54, 1.807) is 19.2 Å². The Morgan fingerprint density at radius 2 is 1.73 bits per heavy atom. The van der Waals surface area contributed by atoms with E-state index < -0.39 is 11.7 Å². The summed E-state index contributed by atoms with van der Waals surface area (Å²) < 4.78 is 32.4. The minimum Gasteiger partial charge on any atom is -0.494 e. The molecular weight excluding hydrogens is 573 g/mol. The fourth-order valence-corrected chi connectivity index (χ4v) is 5.55. The lowest BCUT2D eigenvalue weighted by atomic mass is 10.1. The molecule has 2 N–H and O–H groups in total. The number of carbonyl (C=O) groups excluding carboxylic acids is 1. The smallest absolute Gasteiger partial charge is 0.284 e. The molecule has 1 saturated heterocycles. The van der Waals surface area contributed by atoms with Crippen LogP contribution in [0.5, 0.6) is 23.0 Å². The van der Waals surface area contributed by atoms with Crippen molar-refractivity contribution < 1.29 is 23.4 Å². The highest BCUT2D eigenvalue weighted by Crippen LogP contribution is 2.39. The summed E-state index contributed by atoms with van der Waals surface area (Å²) in [6, 6.07) is 21.0. The van der Waals surface area contributed by atoms with Crippen LogP contribution in [0.15, 0.2) is 85.0 Å². The number of hydrogen-bond acceptors (Lipinski definition) is 8. The monoisotopic (exact) mass is 607 g/mol. The van der Waals surface area contributed by atoms with Crippen molar-refractivity contribution >= 4 is 44.8 Å². The Balaban J connectivity index is 1.28. The summed E-state index contributed by atoms with van der Waals surface area (Å²) in [4.78, 5) is 23.7. The molecule has 1 aromatic heterocycles. The second-order valence-corrected chi connectivity index (χ2v) is 11.0. The van der Waals surface area contributed by atoms with Gasteiger partial charge < -0.3 is 24.8 Å². The van der Waals surface area contributed by atoms with Crippen molar-refractivity contribution in [3.8, 4) is 23.0 Å². The topological polar surface area (TPSA) is 97.8 Å². The predicted octanol–water partition coefficient (Wildman–Crippen LogP) is 7.53. The fraction of sp³-hybridized carbons (Fsp3) is 0.229. The van der Waals surface area contributed by atoms with Gasteiger partial charge in [-0.15, -0.1) is 0 Å². The number of fused-ring (bicyclic) bond motifs is 2.